The van der Waals surface area contributed by atoms with Gasteiger partial charge in [-0.05, 0) is 67.7 Å². The number of oxime groups is 1. The molecule has 49 heavy (non-hydrogen) atoms. The van der Waals surface area contributed by atoms with E-state index in [-0.39, 0.29) is 82.7 Å². The van der Waals surface area contributed by atoms with Crippen molar-refractivity contribution in [1.82, 2.24) is 4.90 Å². The number of phenolic OH excluding ortho intramolecular Hbond substituents is 1. The van der Waals surface area contributed by atoms with E-state index in [0.29, 0.717) is 30.7 Å². The molecule has 12 nitrogen and oxygen atoms in total. The number of benzene rings is 1. The number of nitrogens with zero attached hydrogens (tertiary/aromatic N) is 2. The van der Waals surface area contributed by atoms with Crippen LogP contribution in [0.4, 0.5) is 4.79 Å². The number of ether oxygens (including phenoxy) is 4. The molecule has 1 saturated carbocycles. The van der Waals surface area contributed by atoms with Gasteiger partial charge in [0.2, 0.25) is 5.79 Å². The summed E-state index contributed by atoms with van der Waals surface area (Å²) in [7, 11) is 1.49. The molecule has 1 aromatic carbocycles. The average molecular weight is 687 g/mol. The van der Waals surface area contributed by atoms with Gasteiger partial charge in [0.25, 0.3) is 0 Å². The molecule has 0 radical (unpaired) electrons. The average Bonchev–Trinajstić information content (AvgIpc) is 3.10. The highest BCUT2D eigenvalue weighted by Crippen LogP contribution is 2.61. The van der Waals surface area contributed by atoms with E-state index in [1.165, 1.54) is 7.11 Å². The molecule has 0 saturated heterocycles. The zero-order valence-corrected chi connectivity index (χ0v) is 28.7. The highest BCUT2D eigenvalue weighted by Gasteiger charge is 2.65. The lowest BCUT2D eigenvalue weighted by molar-refractivity contribution is -0.256. The summed E-state index contributed by atoms with van der Waals surface area (Å²) in [5.74, 6) is -1.41. The quantitative estimate of drug-likeness (QED) is 0.0813. The normalized spacial score (nSPS) is 26.2. The van der Waals surface area contributed by atoms with Gasteiger partial charge in [-0.15, -0.1) is 13.2 Å². The number of allylic oxidation sites excluding steroid dienone is 1. The number of aromatic hydroxyl groups is 1. The van der Waals surface area contributed by atoms with E-state index in [1.54, 1.807) is 35.3 Å². The third-order valence-electron chi connectivity index (χ3n) is 9.73. The maximum Gasteiger partial charge on any atom is 0.410 e. The van der Waals surface area contributed by atoms with Gasteiger partial charge in [0, 0.05) is 37.7 Å². The van der Waals surface area contributed by atoms with Gasteiger partial charge in [0.1, 0.15) is 24.7 Å². The van der Waals surface area contributed by atoms with Gasteiger partial charge in [0.05, 0.1) is 44.7 Å². The smallest absolute Gasteiger partial charge is 0.410 e. The standard InChI is InChI=1S/C37H54N2O10/c1-4-6-20-47-36(44)39(15-21-46-22-18-42)33-25-31(38-45-3)29-23-26(11-7-9-16-40)28(12-8-10-17-41)34-30-24-27(43)13-14-32(30)49-37(33,35(29)34)48-19-5-2/h4-5,13-14,23-24,26,28,33-35,40-43H,1-2,6-12,15-22,25H2,3H3. The van der Waals surface area contributed by atoms with Crippen molar-refractivity contribution < 1.29 is 49.0 Å². The fraction of sp³-hybridized carbons (Fsp3) is 0.622. The summed E-state index contributed by atoms with van der Waals surface area (Å²) < 4.78 is 25.2. The Labute approximate surface area is 289 Å². The second kappa shape index (κ2) is 19.1. The molecule has 4 rings (SSSR count). The number of rotatable bonds is 21. The van der Waals surface area contributed by atoms with E-state index in [2.05, 4.69) is 24.4 Å². The molecule has 1 fully saturated rings. The number of aliphatic hydroxyl groups excluding tert-OH is 3. The predicted molar refractivity (Wildman–Crippen MR) is 184 cm³/mol. The second-order valence-electron chi connectivity index (χ2n) is 12.7. The van der Waals surface area contributed by atoms with E-state index in [9.17, 15) is 25.2 Å². The molecule has 12 heteroatoms. The Morgan fingerprint density at radius 3 is 2.53 bits per heavy atom. The second-order valence-corrected chi connectivity index (χ2v) is 12.7. The Kier molecular flexibility index (Phi) is 15.0. The van der Waals surface area contributed by atoms with Crippen LogP contribution >= 0.6 is 0 Å². The van der Waals surface area contributed by atoms with Gasteiger partial charge in [-0.2, -0.15) is 0 Å². The van der Waals surface area contributed by atoms with Gasteiger partial charge in [-0.3, -0.25) is 4.90 Å². The van der Waals surface area contributed by atoms with Crippen LogP contribution in [0.15, 0.2) is 60.3 Å². The van der Waals surface area contributed by atoms with Crippen LogP contribution in [0.25, 0.3) is 0 Å². The molecule has 0 spiro atoms. The molecular formula is C37H54N2O10. The summed E-state index contributed by atoms with van der Waals surface area (Å²) in [6.07, 6.45) is 10.2. The lowest BCUT2D eigenvalue weighted by Crippen LogP contribution is -2.70. The van der Waals surface area contributed by atoms with Gasteiger partial charge >= 0.3 is 6.09 Å². The highest BCUT2D eigenvalue weighted by atomic mass is 16.7. The fourth-order valence-electron chi connectivity index (χ4n) is 7.78. The number of aliphatic hydroxyl groups is 3. The van der Waals surface area contributed by atoms with Crippen LogP contribution in [-0.2, 0) is 19.0 Å². The number of carbonyl (C=O) groups excluding carboxylic acids is 1. The number of hydrogen-bond acceptors (Lipinski definition) is 11. The number of fused-ring (bicyclic) bond motifs is 2. The van der Waals surface area contributed by atoms with Crippen LogP contribution in [0, 0.1) is 17.8 Å². The van der Waals surface area contributed by atoms with Crippen LogP contribution in [0.1, 0.15) is 62.8 Å². The first kappa shape index (κ1) is 38.4. The largest absolute Gasteiger partial charge is 0.508 e. The number of carbonyl (C=O) groups is 1. The molecule has 0 aromatic heterocycles. The number of amides is 1. The summed E-state index contributed by atoms with van der Waals surface area (Å²) in [4.78, 5) is 21.0. The van der Waals surface area contributed by atoms with Gasteiger partial charge in [-0.25, -0.2) is 4.79 Å². The minimum Gasteiger partial charge on any atom is -0.508 e. The molecule has 272 valence electrons. The Morgan fingerprint density at radius 1 is 1.06 bits per heavy atom. The van der Waals surface area contributed by atoms with Gasteiger partial charge in [-0.1, -0.05) is 36.2 Å². The van der Waals surface area contributed by atoms with Crippen molar-refractivity contribution in [2.45, 2.75) is 69.1 Å². The number of phenols is 1. The van der Waals surface area contributed by atoms with E-state index in [4.69, 9.17) is 23.8 Å². The van der Waals surface area contributed by atoms with Crippen molar-refractivity contribution in [1.29, 1.82) is 0 Å². The minimum atomic E-state index is -1.44. The zero-order chi connectivity index (χ0) is 35.2. The lowest BCUT2D eigenvalue weighted by atomic mass is 9.55. The third-order valence-corrected chi connectivity index (χ3v) is 9.73. The van der Waals surface area contributed by atoms with Crippen LogP contribution in [0.3, 0.4) is 0 Å². The maximum absolute atomic E-state index is 14.0. The summed E-state index contributed by atoms with van der Waals surface area (Å²) in [5.41, 5.74) is 2.37. The molecule has 1 heterocycles. The molecule has 1 amide bonds. The van der Waals surface area contributed by atoms with E-state index >= 15 is 0 Å². The highest BCUT2D eigenvalue weighted by molar-refractivity contribution is 6.02. The summed E-state index contributed by atoms with van der Waals surface area (Å²) >= 11 is 0. The molecule has 3 aliphatic rings. The SMILES string of the molecule is C=CCCOC(=O)N(CCOCCO)C1CC(=NOC)C2=CC(CCCCO)C(CCCCO)C3c4cc(O)ccc4OC1(OCC=C)C23. The molecular weight excluding hydrogens is 632 g/mol. The Balaban J connectivity index is 1.96. The molecule has 6 atom stereocenters. The first-order valence-corrected chi connectivity index (χ1v) is 17.4. The number of unbranched alkanes of at least 4 members (excludes halogenated alkanes) is 2. The summed E-state index contributed by atoms with van der Waals surface area (Å²) in [6, 6.07) is 4.31. The van der Waals surface area contributed by atoms with Crippen LogP contribution < -0.4 is 4.74 Å². The van der Waals surface area contributed by atoms with Crippen molar-refractivity contribution >= 4 is 11.8 Å². The van der Waals surface area contributed by atoms with Crippen LogP contribution in [0.5, 0.6) is 11.5 Å². The third kappa shape index (κ3) is 8.85. The number of hydrogen-bond donors (Lipinski definition) is 4. The minimum absolute atomic E-state index is 0.0403. The summed E-state index contributed by atoms with van der Waals surface area (Å²) in [5, 5.41) is 44.0. The van der Waals surface area contributed by atoms with Gasteiger partial charge < -0.3 is 44.2 Å². The van der Waals surface area contributed by atoms with E-state index < -0.39 is 23.8 Å². The Bertz CT molecular complexity index is 1300. The molecule has 1 aromatic rings. The first-order chi connectivity index (χ1) is 23.9. The monoisotopic (exact) mass is 686 g/mol. The molecule has 0 bridgehead atoms. The topological polar surface area (TPSA) is 160 Å². The zero-order valence-electron chi connectivity index (χ0n) is 28.7. The lowest BCUT2D eigenvalue weighted by Gasteiger charge is -2.59. The van der Waals surface area contributed by atoms with E-state index in [1.807, 2.05) is 0 Å². The first-order valence-electron chi connectivity index (χ1n) is 17.4. The van der Waals surface area contributed by atoms with Gasteiger partial charge in [0.15, 0.2) is 0 Å². The summed E-state index contributed by atoms with van der Waals surface area (Å²) in [6.45, 7) is 8.28. The van der Waals surface area contributed by atoms with Crippen LogP contribution in [-0.4, -0.2) is 109 Å². The van der Waals surface area contributed by atoms with E-state index in [0.717, 1.165) is 36.8 Å². The Morgan fingerprint density at radius 2 is 1.84 bits per heavy atom. The molecule has 6 unspecified atom stereocenters. The molecule has 4 N–H and O–H groups in total. The Hall–Kier alpha value is -3.42. The fourth-order valence-corrected chi connectivity index (χ4v) is 7.78. The van der Waals surface area contributed by atoms with Crippen LogP contribution in [0.2, 0.25) is 0 Å². The van der Waals surface area contributed by atoms with Crippen molar-refractivity contribution in [3.63, 3.8) is 0 Å². The molecule has 1 aliphatic heterocycles. The molecule has 2 aliphatic carbocycles. The van der Waals surface area contributed by atoms with Crippen molar-refractivity contribution in [3.05, 3.63) is 60.7 Å². The predicted octanol–water partition coefficient (Wildman–Crippen LogP) is 4.68. The maximum atomic E-state index is 14.0. The van der Waals surface area contributed by atoms with Crippen molar-refractivity contribution in [3.8, 4) is 11.5 Å². The van der Waals surface area contributed by atoms with Crippen molar-refractivity contribution in [2.24, 2.45) is 22.9 Å². The van der Waals surface area contributed by atoms with Crippen molar-refractivity contribution in [2.75, 3.05) is 59.9 Å².